The van der Waals surface area contributed by atoms with Crippen LogP contribution in [0.4, 0.5) is 4.79 Å². The second-order valence-electron chi connectivity index (χ2n) is 7.66. The van der Waals surface area contributed by atoms with E-state index in [2.05, 4.69) is 0 Å². The van der Waals surface area contributed by atoms with Crippen LogP contribution in [0, 0.1) is 5.41 Å². The second kappa shape index (κ2) is 7.27. The number of ether oxygens (including phenoxy) is 2. The van der Waals surface area contributed by atoms with Crippen LogP contribution in [0.2, 0.25) is 0 Å². The molecule has 4 rings (SSSR count). The number of benzene rings is 1. The average molecular weight is 358 g/mol. The molecule has 0 N–H and O–H groups in total. The van der Waals surface area contributed by atoms with Gasteiger partial charge in [-0.3, -0.25) is 9.69 Å². The van der Waals surface area contributed by atoms with Crippen molar-refractivity contribution in [2.24, 2.45) is 5.41 Å². The monoisotopic (exact) mass is 358 g/mol. The Bertz CT molecular complexity index is 652. The van der Waals surface area contributed by atoms with Gasteiger partial charge in [0.05, 0.1) is 6.04 Å². The van der Waals surface area contributed by atoms with Crippen LogP contribution in [0.1, 0.15) is 37.3 Å². The van der Waals surface area contributed by atoms with E-state index in [4.69, 9.17) is 9.47 Å². The molecular formula is C20H26N2O4. The Morgan fingerprint density at radius 2 is 1.92 bits per heavy atom. The fourth-order valence-corrected chi connectivity index (χ4v) is 4.46. The number of hydrogen-bond donors (Lipinski definition) is 0. The van der Waals surface area contributed by atoms with E-state index in [0.29, 0.717) is 6.61 Å². The zero-order valence-corrected chi connectivity index (χ0v) is 15.1. The molecule has 2 amide bonds. The van der Waals surface area contributed by atoms with Crippen LogP contribution in [0.5, 0.6) is 0 Å². The smallest absolute Gasteiger partial charge is 0.410 e. The van der Waals surface area contributed by atoms with E-state index < -0.39 is 6.09 Å². The fourth-order valence-electron chi connectivity index (χ4n) is 4.46. The van der Waals surface area contributed by atoms with Gasteiger partial charge in [0.15, 0.2) is 0 Å². The number of carbonyl (C=O) groups is 2. The molecule has 3 fully saturated rings. The molecule has 3 saturated heterocycles. The second-order valence-corrected chi connectivity index (χ2v) is 7.66. The van der Waals surface area contributed by atoms with E-state index in [1.807, 2.05) is 35.2 Å². The third-order valence-electron chi connectivity index (χ3n) is 6.03. The molecule has 1 spiro atoms. The lowest BCUT2D eigenvalue weighted by molar-refractivity contribution is -0.137. The zero-order valence-electron chi connectivity index (χ0n) is 15.1. The third kappa shape index (κ3) is 3.43. The summed E-state index contributed by atoms with van der Waals surface area (Å²) in [5, 5.41) is 0. The maximum Gasteiger partial charge on any atom is 0.410 e. The number of piperidine rings is 1. The molecule has 0 bridgehead atoms. The van der Waals surface area contributed by atoms with Crippen LogP contribution in [0.25, 0.3) is 0 Å². The summed E-state index contributed by atoms with van der Waals surface area (Å²) in [7, 11) is 0. The maximum absolute atomic E-state index is 12.9. The molecule has 1 atom stereocenters. The number of nitrogens with zero attached hydrogens (tertiary/aromatic N) is 2. The summed E-state index contributed by atoms with van der Waals surface area (Å²) in [5.74, 6) is 0.0235. The molecule has 0 aromatic heterocycles. The van der Waals surface area contributed by atoms with Crippen LogP contribution in [0.3, 0.4) is 0 Å². The zero-order chi connectivity index (χ0) is 18.0. The lowest BCUT2D eigenvalue weighted by Gasteiger charge is -2.45. The molecule has 26 heavy (non-hydrogen) atoms. The minimum Gasteiger partial charge on any atom is -0.447 e. The van der Waals surface area contributed by atoms with E-state index in [0.717, 1.165) is 51.1 Å². The van der Waals surface area contributed by atoms with Crippen LogP contribution in [-0.2, 0) is 14.3 Å². The van der Waals surface area contributed by atoms with Gasteiger partial charge in [0.1, 0.15) is 13.2 Å². The Labute approximate surface area is 154 Å². The topological polar surface area (TPSA) is 59.1 Å². The Morgan fingerprint density at radius 3 is 2.69 bits per heavy atom. The highest BCUT2D eigenvalue weighted by Crippen LogP contribution is 2.39. The summed E-state index contributed by atoms with van der Waals surface area (Å²) in [6.07, 6.45) is 3.84. The van der Waals surface area contributed by atoms with Gasteiger partial charge in [-0.05, 0) is 36.7 Å². The number of rotatable bonds is 3. The van der Waals surface area contributed by atoms with E-state index in [-0.39, 0.29) is 23.9 Å². The van der Waals surface area contributed by atoms with Crippen molar-refractivity contribution in [2.75, 3.05) is 39.5 Å². The number of cyclic esters (lactones) is 1. The summed E-state index contributed by atoms with van der Waals surface area (Å²) in [4.78, 5) is 28.7. The van der Waals surface area contributed by atoms with Gasteiger partial charge in [-0.1, -0.05) is 30.3 Å². The SMILES string of the molecule is O=C(CN1C(=O)OC[C@@H]1c1ccccc1)N1CCCC2(CCOCC2)C1. The molecule has 3 aliphatic heterocycles. The van der Waals surface area contributed by atoms with Gasteiger partial charge in [-0.2, -0.15) is 0 Å². The third-order valence-corrected chi connectivity index (χ3v) is 6.03. The van der Waals surface area contributed by atoms with E-state index in [1.54, 1.807) is 4.90 Å². The van der Waals surface area contributed by atoms with Gasteiger partial charge in [-0.25, -0.2) is 4.79 Å². The molecule has 1 aromatic rings. The molecule has 0 saturated carbocycles. The lowest BCUT2D eigenvalue weighted by atomic mass is 9.74. The van der Waals surface area contributed by atoms with Crippen molar-refractivity contribution in [3.05, 3.63) is 35.9 Å². The summed E-state index contributed by atoms with van der Waals surface area (Å²) in [6, 6.07) is 9.59. The predicted molar refractivity (Wildman–Crippen MR) is 95.5 cm³/mol. The van der Waals surface area contributed by atoms with Crippen LogP contribution in [-0.4, -0.2) is 61.3 Å². The van der Waals surface area contributed by atoms with Crippen molar-refractivity contribution >= 4 is 12.0 Å². The molecule has 0 radical (unpaired) electrons. The highest BCUT2D eigenvalue weighted by Gasteiger charge is 2.40. The van der Waals surface area contributed by atoms with Gasteiger partial charge in [0.2, 0.25) is 5.91 Å². The van der Waals surface area contributed by atoms with Crippen molar-refractivity contribution in [3.8, 4) is 0 Å². The largest absolute Gasteiger partial charge is 0.447 e. The number of likely N-dealkylation sites (tertiary alicyclic amines) is 1. The van der Waals surface area contributed by atoms with Crippen LogP contribution in [0.15, 0.2) is 30.3 Å². The number of hydrogen-bond acceptors (Lipinski definition) is 4. The Balaban J connectivity index is 1.44. The highest BCUT2D eigenvalue weighted by atomic mass is 16.6. The molecule has 3 heterocycles. The van der Waals surface area contributed by atoms with Gasteiger partial charge < -0.3 is 14.4 Å². The van der Waals surface area contributed by atoms with E-state index >= 15 is 0 Å². The minimum atomic E-state index is -0.398. The van der Waals surface area contributed by atoms with Crippen molar-refractivity contribution in [2.45, 2.75) is 31.7 Å². The van der Waals surface area contributed by atoms with Gasteiger partial charge in [-0.15, -0.1) is 0 Å². The Hall–Kier alpha value is -2.08. The van der Waals surface area contributed by atoms with Crippen molar-refractivity contribution in [1.29, 1.82) is 0 Å². The van der Waals surface area contributed by atoms with Crippen molar-refractivity contribution < 1.29 is 19.1 Å². The standard InChI is InChI=1S/C20H26N2O4/c23-18(21-10-4-7-20(15-21)8-11-25-12-9-20)13-22-17(14-26-19(22)24)16-5-2-1-3-6-16/h1-3,5-6,17H,4,7-15H2/t17-/m1/s1. The first-order valence-corrected chi connectivity index (χ1v) is 9.51. The number of carbonyl (C=O) groups excluding carboxylic acids is 2. The molecule has 6 heteroatoms. The predicted octanol–water partition coefficient (Wildman–Crippen LogP) is 2.60. The summed E-state index contributed by atoms with van der Waals surface area (Å²) < 4.78 is 10.7. The molecular weight excluding hydrogens is 332 g/mol. The Kier molecular flexibility index (Phi) is 4.85. The van der Waals surface area contributed by atoms with Crippen molar-refractivity contribution in [3.63, 3.8) is 0 Å². The molecule has 1 aromatic carbocycles. The van der Waals surface area contributed by atoms with Crippen molar-refractivity contribution in [1.82, 2.24) is 9.80 Å². The first-order chi connectivity index (χ1) is 12.7. The normalized spacial score (nSPS) is 25.4. The van der Waals surface area contributed by atoms with E-state index in [1.165, 1.54) is 6.42 Å². The molecule has 6 nitrogen and oxygen atoms in total. The lowest BCUT2D eigenvalue weighted by Crippen LogP contribution is -2.51. The summed E-state index contributed by atoms with van der Waals surface area (Å²) >= 11 is 0. The fraction of sp³-hybridized carbons (Fsp3) is 0.600. The van der Waals surface area contributed by atoms with Crippen LogP contribution >= 0.6 is 0 Å². The minimum absolute atomic E-state index is 0.0235. The quantitative estimate of drug-likeness (QED) is 0.833. The molecule has 3 aliphatic rings. The van der Waals surface area contributed by atoms with Gasteiger partial charge >= 0.3 is 6.09 Å². The first kappa shape index (κ1) is 17.3. The maximum atomic E-state index is 12.9. The highest BCUT2D eigenvalue weighted by molar-refractivity contribution is 5.83. The van der Waals surface area contributed by atoms with Crippen LogP contribution < -0.4 is 0 Å². The summed E-state index contributed by atoms with van der Waals surface area (Å²) in [6.45, 7) is 3.53. The number of amides is 2. The molecule has 0 unspecified atom stereocenters. The van der Waals surface area contributed by atoms with E-state index in [9.17, 15) is 9.59 Å². The molecule has 0 aliphatic carbocycles. The average Bonchev–Trinajstić information content (AvgIpc) is 3.03. The first-order valence-electron chi connectivity index (χ1n) is 9.51. The Morgan fingerprint density at radius 1 is 1.15 bits per heavy atom. The van der Waals surface area contributed by atoms with Gasteiger partial charge in [0, 0.05) is 26.3 Å². The molecule has 140 valence electrons. The van der Waals surface area contributed by atoms with Gasteiger partial charge in [0.25, 0.3) is 0 Å². The summed E-state index contributed by atoms with van der Waals surface area (Å²) in [5.41, 5.74) is 1.21.